The average molecular weight is 544 g/mol. The van der Waals surface area contributed by atoms with E-state index in [0.717, 1.165) is 34.1 Å². The van der Waals surface area contributed by atoms with E-state index >= 15 is 0 Å². The van der Waals surface area contributed by atoms with Crippen LogP contribution in [0.2, 0.25) is 5.02 Å². The molecule has 1 heterocycles. The molecule has 3 aromatic carbocycles. The Kier molecular flexibility index (Phi) is 7.52. The highest BCUT2D eigenvalue weighted by molar-refractivity contribution is 6.33. The average Bonchev–Trinajstić information content (AvgIpc) is 2.83. The topological polar surface area (TPSA) is 77.8 Å². The van der Waals surface area contributed by atoms with Gasteiger partial charge in [0, 0.05) is 22.4 Å². The number of pyridine rings is 1. The highest BCUT2D eigenvalue weighted by atomic mass is 35.5. The molecular formula is C33H38ClN3O2. The fraction of sp³-hybridized carbons (Fsp3) is 0.364. The quantitative estimate of drug-likeness (QED) is 0.237. The lowest BCUT2D eigenvalue weighted by atomic mass is 9.70. The molecule has 0 aliphatic heterocycles. The van der Waals surface area contributed by atoms with Gasteiger partial charge in [0.2, 0.25) is 5.56 Å². The van der Waals surface area contributed by atoms with Gasteiger partial charge in [0.1, 0.15) is 17.1 Å². The van der Waals surface area contributed by atoms with E-state index in [1.807, 2.05) is 31.2 Å². The minimum Gasteiger partial charge on any atom is -0.505 e. The van der Waals surface area contributed by atoms with Crippen molar-refractivity contribution in [2.45, 2.75) is 72.6 Å². The Balaban J connectivity index is 1.90. The van der Waals surface area contributed by atoms with Gasteiger partial charge in [0.05, 0.1) is 10.5 Å². The van der Waals surface area contributed by atoms with E-state index in [4.69, 9.17) is 11.6 Å². The number of aryl methyl sites for hydroxylation is 1. The molecule has 1 aromatic heterocycles. The van der Waals surface area contributed by atoms with Crippen LogP contribution in [0.15, 0.2) is 75.7 Å². The summed E-state index contributed by atoms with van der Waals surface area (Å²) in [6.45, 7) is 17.2. The number of rotatable bonds is 6. The van der Waals surface area contributed by atoms with Crippen LogP contribution in [0, 0.1) is 12.3 Å². The third kappa shape index (κ3) is 6.09. The van der Waals surface area contributed by atoms with E-state index in [9.17, 15) is 9.90 Å². The Bertz CT molecular complexity index is 1610. The van der Waals surface area contributed by atoms with Crippen molar-refractivity contribution in [2.75, 3.05) is 0 Å². The first-order chi connectivity index (χ1) is 18.1. The molecule has 0 unspecified atom stereocenters. The zero-order valence-electron chi connectivity index (χ0n) is 24.1. The molecule has 0 amide bonds. The van der Waals surface area contributed by atoms with E-state index in [-0.39, 0.29) is 22.1 Å². The van der Waals surface area contributed by atoms with Gasteiger partial charge in [-0.15, -0.1) is 10.2 Å². The number of fused-ring (bicyclic) bond motifs is 1. The van der Waals surface area contributed by atoms with E-state index < -0.39 is 5.41 Å². The maximum Gasteiger partial charge on any atom is 0.248 e. The van der Waals surface area contributed by atoms with Gasteiger partial charge >= 0.3 is 0 Å². The summed E-state index contributed by atoms with van der Waals surface area (Å²) >= 11 is 6.57. The number of nitrogens with zero attached hydrogens (tertiary/aromatic N) is 2. The maximum atomic E-state index is 12.0. The zero-order chi connectivity index (χ0) is 28.8. The van der Waals surface area contributed by atoms with Gasteiger partial charge in [0.25, 0.3) is 0 Å². The van der Waals surface area contributed by atoms with Crippen LogP contribution in [0.4, 0.5) is 11.4 Å². The zero-order valence-corrected chi connectivity index (χ0v) is 24.9. The first kappa shape index (κ1) is 28.6. The van der Waals surface area contributed by atoms with E-state index in [1.54, 1.807) is 18.2 Å². The fourth-order valence-corrected chi connectivity index (χ4v) is 5.82. The van der Waals surface area contributed by atoms with Crippen LogP contribution in [0.5, 0.6) is 5.75 Å². The first-order valence-corrected chi connectivity index (χ1v) is 13.6. The van der Waals surface area contributed by atoms with Crippen molar-refractivity contribution in [3.8, 4) is 5.75 Å². The molecule has 4 aromatic rings. The Morgan fingerprint density at radius 1 is 0.846 bits per heavy atom. The largest absolute Gasteiger partial charge is 0.505 e. The summed E-state index contributed by atoms with van der Waals surface area (Å²) in [5, 5.41) is 21.8. The molecule has 5 nitrogen and oxygen atoms in total. The van der Waals surface area contributed by atoms with Gasteiger partial charge in [-0.3, -0.25) is 4.79 Å². The number of phenols is 1. The second-order valence-electron chi connectivity index (χ2n) is 12.9. The van der Waals surface area contributed by atoms with Crippen molar-refractivity contribution in [3.63, 3.8) is 0 Å². The summed E-state index contributed by atoms with van der Waals surface area (Å²) < 4.78 is 0. The molecule has 0 atom stereocenters. The van der Waals surface area contributed by atoms with Crippen LogP contribution in [-0.2, 0) is 10.8 Å². The molecule has 0 saturated carbocycles. The summed E-state index contributed by atoms with van der Waals surface area (Å²) in [6.07, 6.45) is 0.940. The van der Waals surface area contributed by atoms with Gasteiger partial charge < -0.3 is 10.1 Å². The van der Waals surface area contributed by atoms with Crippen molar-refractivity contribution < 1.29 is 5.11 Å². The van der Waals surface area contributed by atoms with E-state index in [2.05, 4.69) is 81.9 Å². The lowest BCUT2D eigenvalue weighted by Gasteiger charge is -2.35. The Hall–Kier alpha value is -3.44. The molecular weight excluding hydrogens is 506 g/mol. The van der Waals surface area contributed by atoms with Crippen LogP contribution in [0.25, 0.3) is 10.9 Å². The molecule has 39 heavy (non-hydrogen) atoms. The van der Waals surface area contributed by atoms with Gasteiger partial charge in [-0.1, -0.05) is 96.5 Å². The van der Waals surface area contributed by atoms with Crippen LogP contribution >= 0.6 is 11.6 Å². The molecule has 0 spiro atoms. The summed E-state index contributed by atoms with van der Waals surface area (Å²) in [5.41, 5.74) is 4.44. The third-order valence-corrected chi connectivity index (χ3v) is 7.70. The Morgan fingerprint density at radius 3 is 2.13 bits per heavy atom. The molecule has 4 rings (SSSR count). The van der Waals surface area contributed by atoms with Crippen LogP contribution in [0.3, 0.4) is 0 Å². The molecule has 0 aliphatic rings. The lowest BCUT2D eigenvalue weighted by Crippen LogP contribution is -2.26. The third-order valence-electron chi connectivity index (χ3n) is 7.40. The SMILES string of the molecule is Cc1cc(=O)[nH]c2cc(N=Nc3cc(C(C)(C)CC(C)(C)C)cc(C(C)(C)c4ccccc4)c3O)c(Cl)cc12. The van der Waals surface area contributed by atoms with Crippen LogP contribution in [-0.4, -0.2) is 10.1 Å². The number of aromatic amines is 1. The van der Waals surface area contributed by atoms with Gasteiger partial charge in [-0.05, 0) is 59.1 Å². The Morgan fingerprint density at radius 2 is 1.49 bits per heavy atom. The molecule has 0 bridgehead atoms. The molecule has 0 fully saturated rings. The maximum absolute atomic E-state index is 12.0. The highest BCUT2D eigenvalue weighted by Gasteiger charge is 2.33. The molecule has 0 saturated heterocycles. The molecule has 0 radical (unpaired) electrons. The molecule has 0 aliphatic carbocycles. The second kappa shape index (κ2) is 10.3. The van der Waals surface area contributed by atoms with Gasteiger partial charge in [-0.25, -0.2) is 0 Å². The molecule has 204 valence electrons. The minimum atomic E-state index is -0.485. The number of halogens is 1. The van der Waals surface area contributed by atoms with Gasteiger partial charge in [0.15, 0.2) is 0 Å². The Labute approximate surface area is 236 Å². The van der Waals surface area contributed by atoms with Crippen molar-refractivity contribution in [1.29, 1.82) is 0 Å². The van der Waals surface area contributed by atoms with Crippen LogP contribution < -0.4 is 5.56 Å². The number of nitrogens with one attached hydrogen (secondary N) is 1. The standard InChI is InChI=1S/C33H38ClN3O2/c1-20-14-29(38)35-26-18-27(25(34)17-23(20)26)36-37-28-16-22(32(5,6)19-31(2,3)4)15-24(30(28)39)33(7,8)21-12-10-9-11-13-21/h9-18,39H,19H2,1-8H3,(H,35,38). The smallest absolute Gasteiger partial charge is 0.248 e. The van der Waals surface area contributed by atoms with Crippen LogP contribution in [0.1, 0.15) is 77.1 Å². The first-order valence-electron chi connectivity index (χ1n) is 13.3. The molecule has 6 heteroatoms. The van der Waals surface area contributed by atoms with E-state index in [1.165, 1.54) is 0 Å². The van der Waals surface area contributed by atoms with Crippen molar-refractivity contribution >= 4 is 33.9 Å². The minimum absolute atomic E-state index is 0.0871. The molecule has 2 N–H and O–H groups in total. The second-order valence-corrected chi connectivity index (χ2v) is 13.3. The predicted octanol–water partition coefficient (Wildman–Crippen LogP) is 9.65. The van der Waals surface area contributed by atoms with Crippen molar-refractivity contribution in [2.24, 2.45) is 15.6 Å². The summed E-state index contributed by atoms with van der Waals surface area (Å²) in [7, 11) is 0. The summed E-state index contributed by atoms with van der Waals surface area (Å²) in [6, 6.07) is 19.2. The number of H-pyrrole nitrogens is 1. The summed E-state index contributed by atoms with van der Waals surface area (Å²) in [4.78, 5) is 14.9. The lowest BCUT2D eigenvalue weighted by molar-refractivity contribution is 0.283. The number of hydrogen-bond donors (Lipinski definition) is 2. The number of azo groups is 1. The number of phenolic OH excluding ortho intramolecular Hbond substituents is 1. The monoisotopic (exact) mass is 543 g/mol. The summed E-state index contributed by atoms with van der Waals surface area (Å²) in [5.74, 6) is 0.0871. The van der Waals surface area contributed by atoms with Crippen molar-refractivity contribution in [1.82, 2.24) is 4.98 Å². The predicted molar refractivity (Wildman–Crippen MR) is 162 cm³/mol. The van der Waals surface area contributed by atoms with Crippen molar-refractivity contribution in [3.05, 3.63) is 98.3 Å². The number of aromatic nitrogens is 1. The highest BCUT2D eigenvalue weighted by Crippen LogP contribution is 2.47. The van der Waals surface area contributed by atoms with E-state index in [0.29, 0.717) is 21.9 Å². The normalized spacial score (nSPS) is 12.9. The number of aromatic hydroxyl groups is 1. The number of benzene rings is 3. The van der Waals surface area contributed by atoms with Gasteiger partial charge in [-0.2, -0.15) is 0 Å². The number of hydrogen-bond acceptors (Lipinski definition) is 4. The fourth-order valence-electron chi connectivity index (χ4n) is 5.62.